The molecule has 5 nitrogen and oxygen atoms in total. The van der Waals surface area contributed by atoms with Crippen LogP contribution in [0.1, 0.15) is 70.3 Å². The first-order valence-electron chi connectivity index (χ1n) is 10.5. The van der Waals surface area contributed by atoms with Crippen LogP contribution in [0.25, 0.3) is 0 Å². The largest absolute Gasteiger partial charge is 1.00 e. The number of unbranched alkanes of at least 4 members (excludes halogenated alkanes) is 8. The summed E-state index contributed by atoms with van der Waals surface area (Å²) in [6, 6.07) is 11.2. The zero-order valence-corrected chi connectivity index (χ0v) is 22.0. The quantitative estimate of drug-likeness (QED) is 0.283. The van der Waals surface area contributed by atoms with Crippen LogP contribution in [0.5, 0.6) is 17.2 Å². The second-order valence-corrected chi connectivity index (χ2v) is 8.74. The Balaban J connectivity index is 0.00000450. The molecule has 0 saturated heterocycles. The zero-order chi connectivity index (χ0) is 21.1. The van der Waals surface area contributed by atoms with Crippen molar-refractivity contribution in [1.29, 1.82) is 0 Å². The van der Waals surface area contributed by atoms with Gasteiger partial charge in [0, 0.05) is 0 Å². The van der Waals surface area contributed by atoms with E-state index in [1.807, 2.05) is 12.1 Å². The Morgan fingerprint density at radius 3 is 2.00 bits per heavy atom. The molecule has 2 rings (SSSR count). The van der Waals surface area contributed by atoms with Gasteiger partial charge in [-0.3, -0.25) is 4.55 Å². The Hall–Kier alpha value is -0.414. The van der Waals surface area contributed by atoms with Gasteiger partial charge in [0.1, 0.15) is 16.4 Å². The molecule has 7 heteroatoms. The molecule has 0 aliphatic rings. The topological polar surface area (TPSA) is 86.7 Å². The predicted octanol–water partition coefficient (Wildman–Crippen LogP) is 2.88. The van der Waals surface area contributed by atoms with Gasteiger partial charge in [-0.1, -0.05) is 88.3 Å². The summed E-state index contributed by atoms with van der Waals surface area (Å²) in [7, 11) is -4.66. The van der Waals surface area contributed by atoms with Crippen LogP contribution in [0, 0.1) is 0 Å². The van der Waals surface area contributed by atoms with Crippen molar-refractivity contribution >= 4 is 10.1 Å². The molecular formula is C23H31KO5S. The number of hydrogen-bond donors (Lipinski definition) is 1. The van der Waals surface area contributed by atoms with E-state index in [-0.39, 0.29) is 57.1 Å². The molecule has 0 saturated carbocycles. The van der Waals surface area contributed by atoms with E-state index in [2.05, 4.69) is 6.92 Å². The Kier molecular flexibility index (Phi) is 13.5. The van der Waals surface area contributed by atoms with E-state index in [9.17, 15) is 18.1 Å². The van der Waals surface area contributed by atoms with Gasteiger partial charge in [0.25, 0.3) is 10.1 Å². The molecule has 0 fully saturated rings. The van der Waals surface area contributed by atoms with Gasteiger partial charge in [-0.25, -0.2) is 0 Å². The van der Waals surface area contributed by atoms with Crippen molar-refractivity contribution in [2.45, 2.75) is 76.0 Å². The molecule has 0 bridgehead atoms. The standard InChI is InChI=1S/C23H32O5S.K/c1-2-3-4-5-6-7-8-9-10-12-19-15-17-20(18-16-19)28-22-14-11-13-21(24)23(22)29(25,26)27;/h11,13-18,24H,2-10,12H2,1H3,(H,25,26,27);/q;+1/p-1. The molecule has 0 atom stereocenters. The number of hydrogen-bond acceptors (Lipinski definition) is 4. The number of ether oxygens (including phenoxy) is 1. The average molecular weight is 459 g/mol. The first kappa shape index (κ1) is 27.6. The SMILES string of the molecule is CCCCCCCCCCCc1ccc(Oc2cccc([O-])c2S(=O)(=O)O)cc1.[K+]. The Bertz CT molecular complexity index is 850. The van der Waals surface area contributed by atoms with E-state index in [0.717, 1.165) is 18.9 Å². The number of rotatable bonds is 13. The van der Waals surface area contributed by atoms with Crippen LogP contribution in [0.2, 0.25) is 0 Å². The summed E-state index contributed by atoms with van der Waals surface area (Å²) in [5.74, 6) is -0.560. The van der Waals surface area contributed by atoms with Crippen LogP contribution in [0.4, 0.5) is 0 Å². The van der Waals surface area contributed by atoms with E-state index in [0.29, 0.717) is 5.75 Å². The maximum absolute atomic E-state index is 11.8. The molecule has 2 aromatic rings. The van der Waals surface area contributed by atoms with Gasteiger partial charge in [-0.15, -0.1) is 0 Å². The molecule has 0 radical (unpaired) electrons. The molecule has 0 amide bonds. The van der Waals surface area contributed by atoms with Crippen molar-refractivity contribution in [2.75, 3.05) is 0 Å². The molecule has 2 aromatic carbocycles. The third-order valence-corrected chi connectivity index (χ3v) is 5.84. The second-order valence-electron chi connectivity index (χ2n) is 7.38. The number of aryl methyl sites for hydroxylation is 1. The summed E-state index contributed by atoms with van der Waals surface area (Å²) in [6.07, 6.45) is 12.6. The minimum absolute atomic E-state index is 0. The minimum Gasteiger partial charge on any atom is -0.871 e. The van der Waals surface area contributed by atoms with Crippen molar-refractivity contribution in [3.63, 3.8) is 0 Å². The Morgan fingerprint density at radius 2 is 1.43 bits per heavy atom. The maximum Gasteiger partial charge on any atom is 1.00 e. The third-order valence-electron chi connectivity index (χ3n) is 4.92. The molecule has 160 valence electrons. The van der Waals surface area contributed by atoms with Crippen LogP contribution >= 0.6 is 0 Å². The molecule has 0 aromatic heterocycles. The number of benzene rings is 2. The summed E-state index contributed by atoms with van der Waals surface area (Å²) < 4.78 is 37.7. The second kappa shape index (κ2) is 14.6. The van der Waals surface area contributed by atoms with E-state index in [1.165, 1.54) is 69.1 Å². The normalized spacial score (nSPS) is 11.1. The summed E-state index contributed by atoms with van der Waals surface area (Å²) in [5.41, 5.74) is 1.19. The van der Waals surface area contributed by atoms with Crippen LogP contribution in [0.15, 0.2) is 47.4 Å². The van der Waals surface area contributed by atoms with Crippen LogP contribution in [0.3, 0.4) is 0 Å². The monoisotopic (exact) mass is 458 g/mol. The predicted molar refractivity (Wildman–Crippen MR) is 113 cm³/mol. The molecule has 0 spiro atoms. The van der Waals surface area contributed by atoms with E-state index in [4.69, 9.17) is 4.74 Å². The molecule has 0 heterocycles. The van der Waals surface area contributed by atoms with Gasteiger partial charge in [-0.05, 0) is 36.6 Å². The summed E-state index contributed by atoms with van der Waals surface area (Å²) in [6.45, 7) is 2.24. The maximum atomic E-state index is 11.8. The van der Waals surface area contributed by atoms with Gasteiger partial charge in [0.15, 0.2) is 0 Å². The van der Waals surface area contributed by atoms with Crippen molar-refractivity contribution in [1.82, 2.24) is 0 Å². The third kappa shape index (κ3) is 9.81. The van der Waals surface area contributed by atoms with Crippen LogP contribution in [-0.4, -0.2) is 13.0 Å². The van der Waals surface area contributed by atoms with Gasteiger partial charge < -0.3 is 9.84 Å². The van der Waals surface area contributed by atoms with E-state index in [1.54, 1.807) is 12.1 Å². The molecule has 0 unspecified atom stereocenters. The zero-order valence-electron chi connectivity index (χ0n) is 18.1. The fourth-order valence-electron chi connectivity index (χ4n) is 3.32. The van der Waals surface area contributed by atoms with Gasteiger partial charge in [0.2, 0.25) is 0 Å². The molecule has 0 aliphatic heterocycles. The van der Waals surface area contributed by atoms with Crippen molar-refractivity contribution in [3.05, 3.63) is 48.0 Å². The molecule has 30 heavy (non-hydrogen) atoms. The Morgan fingerprint density at radius 1 is 0.867 bits per heavy atom. The fraction of sp³-hybridized carbons (Fsp3) is 0.478. The Labute approximate surface area is 223 Å². The average Bonchev–Trinajstić information content (AvgIpc) is 2.67. The van der Waals surface area contributed by atoms with Gasteiger partial charge in [0.05, 0.1) is 0 Å². The van der Waals surface area contributed by atoms with Crippen LogP contribution in [-0.2, 0) is 16.5 Å². The van der Waals surface area contributed by atoms with Gasteiger partial charge >= 0.3 is 51.4 Å². The van der Waals surface area contributed by atoms with Crippen LogP contribution < -0.4 is 61.2 Å². The summed E-state index contributed by atoms with van der Waals surface area (Å²) >= 11 is 0. The first-order valence-corrected chi connectivity index (χ1v) is 11.9. The van der Waals surface area contributed by atoms with E-state index < -0.39 is 20.8 Å². The molecule has 1 N–H and O–H groups in total. The fourth-order valence-corrected chi connectivity index (χ4v) is 4.01. The summed E-state index contributed by atoms with van der Waals surface area (Å²) in [5, 5.41) is 11.8. The van der Waals surface area contributed by atoms with E-state index >= 15 is 0 Å². The van der Waals surface area contributed by atoms with Crippen molar-refractivity contribution in [3.8, 4) is 17.2 Å². The van der Waals surface area contributed by atoms with Gasteiger partial charge in [-0.2, -0.15) is 8.42 Å². The molecular weight excluding hydrogens is 427 g/mol. The summed E-state index contributed by atoms with van der Waals surface area (Å²) in [4.78, 5) is -0.737. The van der Waals surface area contributed by atoms with Crippen molar-refractivity contribution < 1.29 is 74.2 Å². The first-order chi connectivity index (χ1) is 13.9. The minimum atomic E-state index is -4.66. The molecule has 0 aliphatic carbocycles. The smallest absolute Gasteiger partial charge is 0.871 e. The van der Waals surface area contributed by atoms with Crippen molar-refractivity contribution in [2.24, 2.45) is 0 Å².